The van der Waals surface area contributed by atoms with Gasteiger partial charge in [-0.05, 0) is 36.5 Å². The highest BCUT2D eigenvalue weighted by Gasteiger charge is 2.48. The maximum Gasteiger partial charge on any atom is 0.153 e. The molecule has 5 heteroatoms. The Morgan fingerprint density at radius 3 is 2.17 bits per heavy atom. The summed E-state index contributed by atoms with van der Waals surface area (Å²) in [6.07, 6.45) is 3.98. The standard InChI is InChI=1S/C13H22O4S/c1-13(2,3)12(18(15,16)17)11(14)10-7-8-4-5-9(10)6-8/h8-10,12H,4-7H2,1-3H3,(H,15,16,17)/p-1. The molecular formula is C13H21O4S-. The van der Waals surface area contributed by atoms with Gasteiger partial charge in [-0.3, -0.25) is 4.79 Å². The molecule has 0 spiro atoms. The van der Waals surface area contributed by atoms with Gasteiger partial charge in [-0.15, -0.1) is 0 Å². The Morgan fingerprint density at radius 1 is 1.22 bits per heavy atom. The van der Waals surface area contributed by atoms with E-state index in [9.17, 15) is 17.8 Å². The van der Waals surface area contributed by atoms with Crippen LogP contribution in [-0.2, 0) is 14.9 Å². The van der Waals surface area contributed by atoms with Crippen molar-refractivity contribution in [1.82, 2.24) is 0 Å². The van der Waals surface area contributed by atoms with Crippen LogP contribution in [0.25, 0.3) is 0 Å². The lowest BCUT2D eigenvalue weighted by molar-refractivity contribution is -0.125. The van der Waals surface area contributed by atoms with Gasteiger partial charge in [0.05, 0.1) is 0 Å². The molecule has 0 amide bonds. The highest BCUT2D eigenvalue weighted by molar-refractivity contribution is 7.87. The summed E-state index contributed by atoms with van der Waals surface area (Å²) in [5.41, 5.74) is -0.820. The highest BCUT2D eigenvalue weighted by atomic mass is 32.2. The molecule has 0 aliphatic heterocycles. The molecule has 0 aromatic heterocycles. The van der Waals surface area contributed by atoms with Gasteiger partial charge in [0.15, 0.2) is 5.78 Å². The van der Waals surface area contributed by atoms with Crippen molar-refractivity contribution in [2.24, 2.45) is 23.2 Å². The van der Waals surface area contributed by atoms with Gasteiger partial charge in [-0.1, -0.05) is 27.2 Å². The van der Waals surface area contributed by atoms with Gasteiger partial charge >= 0.3 is 0 Å². The molecule has 0 saturated heterocycles. The maximum atomic E-state index is 12.4. The van der Waals surface area contributed by atoms with Crippen LogP contribution in [0.3, 0.4) is 0 Å². The van der Waals surface area contributed by atoms with Crippen LogP contribution in [0.15, 0.2) is 0 Å². The third-order valence-corrected chi connectivity index (χ3v) is 5.95. The van der Waals surface area contributed by atoms with Crippen molar-refractivity contribution in [1.29, 1.82) is 0 Å². The Bertz CT molecular complexity index is 446. The molecule has 4 nitrogen and oxygen atoms in total. The van der Waals surface area contributed by atoms with Gasteiger partial charge in [0.2, 0.25) is 0 Å². The lowest BCUT2D eigenvalue weighted by Gasteiger charge is -2.35. The van der Waals surface area contributed by atoms with Crippen molar-refractivity contribution < 1.29 is 17.8 Å². The normalized spacial score (nSPS) is 33.7. The van der Waals surface area contributed by atoms with Crippen LogP contribution in [0.4, 0.5) is 0 Å². The number of hydrogen-bond donors (Lipinski definition) is 0. The van der Waals surface area contributed by atoms with Gasteiger partial charge in [-0.2, -0.15) is 0 Å². The SMILES string of the molecule is CC(C)(C)C(C(=O)C1CC2CCC1C2)S(=O)(=O)[O-]. The number of hydrogen-bond acceptors (Lipinski definition) is 4. The first kappa shape index (κ1) is 14.0. The summed E-state index contributed by atoms with van der Waals surface area (Å²) in [6, 6.07) is 0. The van der Waals surface area contributed by atoms with Crippen LogP contribution in [0.5, 0.6) is 0 Å². The summed E-state index contributed by atoms with van der Waals surface area (Å²) in [4.78, 5) is 12.4. The molecule has 2 bridgehead atoms. The second-order valence-electron chi connectivity index (χ2n) is 6.92. The Labute approximate surface area is 109 Å². The molecule has 0 radical (unpaired) electrons. The maximum absolute atomic E-state index is 12.4. The van der Waals surface area contributed by atoms with Crippen LogP contribution in [0.1, 0.15) is 46.5 Å². The van der Waals surface area contributed by atoms with Crippen molar-refractivity contribution in [3.8, 4) is 0 Å². The zero-order valence-corrected chi connectivity index (χ0v) is 12.0. The Morgan fingerprint density at radius 2 is 1.83 bits per heavy atom. The van der Waals surface area contributed by atoms with Gasteiger partial charge in [0.1, 0.15) is 15.4 Å². The van der Waals surface area contributed by atoms with E-state index in [-0.39, 0.29) is 11.7 Å². The van der Waals surface area contributed by atoms with E-state index in [4.69, 9.17) is 0 Å². The highest BCUT2D eigenvalue weighted by Crippen LogP contribution is 2.50. The van der Waals surface area contributed by atoms with E-state index in [2.05, 4.69) is 0 Å². The molecule has 0 heterocycles. The second kappa shape index (κ2) is 4.30. The molecule has 2 aliphatic carbocycles. The Kier molecular flexibility index (Phi) is 3.35. The van der Waals surface area contributed by atoms with E-state index in [0.717, 1.165) is 25.7 Å². The average Bonchev–Trinajstić information content (AvgIpc) is 2.72. The van der Waals surface area contributed by atoms with Crippen molar-refractivity contribution in [2.75, 3.05) is 0 Å². The number of carbonyl (C=O) groups excluding carboxylic acids is 1. The minimum atomic E-state index is -4.58. The molecule has 4 unspecified atom stereocenters. The van der Waals surface area contributed by atoms with E-state index < -0.39 is 20.8 Å². The molecule has 4 atom stereocenters. The lowest BCUT2D eigenvalue weighted by atomic mass is 9.79. The second-order valence-corrected chi connectivity index (χ2v) is 8.38. The summed E-state index contributed by atoms with van der Waals surface area (Å²) >= 11 is 0. The molecule has 2 fully saturated rings. The molecule has 0 N–H and O–H groups in total. The van der Waals surface area contributed by atoms with E-state index >= 15 is 0 Å². The van der Waals surface area contributed by atoms with Crippen LogP contribution in [0, 0.1) is 23.2 Å². The topological polar surface area (TPSA) is 74.3 Å². The Balaban J connectivity index is 2.25. The van der Waals surface area contributed by atoms with Crippen molar-refractivity contribution >= 4 is 15.9 Å². The van der Waals surface area contributed by atoms with E-state index in [1.165, 1.54) is 0 Å². The zero-order chi connectivity index (χ0) is 13.7. The monoisotopic (exact) mass is 273 g/mol. The quantitative estimate of drug-likeness (QED) is 0.737. The molecular weight excluding hydrogens is 252 g/mol. The zero-order valence-electron chi connectivity index (χ0n) is 11.2. The van der Waals surface area contributed by atoms with Crippen LogP contribution >= 0.6 is 0 Å². The van der Waals surface area contributed by atoms with Gasteiger partial charge in [0, 0.05) is 5.92 Å². The van der Waals surface area contributed by atoms with E-state index in [1.54, 1.807) is 20.8 Å². The number of carbonyl (C=O) groups is 1. The van der Waals surface area contributed by atoms with E-state index in [0.29, 0.717) is 11.8 Å². The van der Waals surface area contributed by atoms with Crippen LogP contribution in [0.2, 0.25) is 0 Å². The first-order chi connectivity index (χ1) is 8.10. The molecule has 104 valence electrons. The van der Waals surface area contributed by atoms with Gasteiger partial charge < -0.3 is 4.55 Å². The van der Waals surface area contributed by atoms with Crippen molar-refractivity contribution in [3.05, 3.63) is 0 Å². The predicted molar refractivity (Wildman–Crippen MR) is 66.9 cm³/mol. The number of ketones is 1. The fourth-order valence-electron chi connectivity index (χ4n) is 3.79. The summed E-state index contributed by atoms with van der Waals surface area (Å²) in [5, 5.41) is -1.39. The first-order valence-electron chi connectivity index (χ1n) is 6.59. The minimum absolute atomic E-state index is 0.198. The average molecular weight is 273 g/mol. The smallest absolute Gasteiger partial charge is 0.153 e. The summed E-state index contributed by atoms with van der Waals surface area (Å²) in [5.74, 6) is 0.356. The third-order valence-electron chi connectivity index (χ3n) is 4.44. The van der Waals surface area contributed by atoms with E-state index in [1.807, 2.05) is 0 Å². The minimum Gasteiger partial charge on any atom is -0.747 e. The predicted octanol–water partition coefficient (Wildman–Crippen LogP) is 1.95. The van der Waals surface area contributed by atoms with Crippen molar-refractivity contribution in [2.45, 2.75) is 51.7 Å². The number of Topliss-reactive ketones (excluding diaryl/α,β-unsaturated/α-hetero) is 1. The number of rotatable bonds is 3. The fourth-order valence-corrected chi connectivity index (χ4v) is 5.12. The Hall–Kier alpha value is -0.420. The number of fused-ring (bicyclic) bond motifs is 2. The van der Waals surface area contributed by atoms with Crippen LogP contribution < -0.4 is 0 Å². The molecule has 2 rings (SSSR count). The summed E-state index contributed by atoms with van der Waals surface area (Å²) in [6.45, 7) is 4.95. The fraction of sp³-hybridized carbons (Fsp3) is 0.923. The molecule has 2 saturated carbocycles. The summed E-state index contributed by atoms with van der Waals surface area (Å²) < 4.78 is 34.2. The van der Waals surface area contributed by atoms with Gasteiger partial charge in [-0.25, -0.2) is 8.42 Å². The largest absolute Gasteiger partial charge is 0.747 e. The molecule has 0 aromatic rings. The van der Waals surface area contributed by atoms with Gasteiger partial charge in [0.25, 0.3) is 0 Å². The lowest BCUT2D eigenvalue weighted by Crippen LogP contribution is -2.45. The summed E-state index contributed by atoms with van der Waals surface area (Å²) in [7, 11) is -4.58. The van der Waals surface area contributed by atoms with Crippen LogP contribution in [-0.4, -0.2) is 24.0 Å². The molecule has 0 aromatic carbocycles. The third kappa shape index (κ3) is 2.48. The molecule has 2 aliphatic rings. The first-order valence-corrected chi connectivity index (χ1v) is 8.06. The van der Waals surface area contributed by atoms with Crippen molar-refractivity contribution in [3.63, 3.8) is 0 Å². The molecule has 18 heavy (non-hydrogen) atoms.